The Morgan fingerprint density at radius 2 is 2.00 bits per heavy atom. The maximum absolute atomic E-state index is 10.5. The summed E-state index contributed by atoms with van der Waals surface area (Å²) in [5.41, 5.74) is 2.33. The van der Waals surface area contributed by atoms with E-state index in [0.29, 0.717) is 6.61 Å². The minimum Gasteiger partial charge on any atom is -0.461 e. The zero-order valence-electron chi connectivity index (χ0n) is 9.43. The van der Waals surface area contributed by atoms with Crippen molar-refractivity contribution >= 4 is 5.97 Å². The largest absolute Gasteiger partial charge is 0.461 e. The van der Waals surface area contributed by atoms with Crippen LogP contribution in [-0.4, -0.2) is 12.6 Å². The fourth-order valence-corrected chi connectivity index (χ4v) is 1.03. The highest BCUT2D eigenvalue weighted by molar-refractivity contribution is 5.66. The predicted molar refractivity (Wildman–Crippen MR) is 59.1 cm³/mol. The first-order valence-corrected chi connectivity index (χ1v) is 4.95. The Labute approximate surface area is 86.6 Å². The first kappa shape index (κ1) is 12.9. The molecule has 0 aliphatic rings. The number of allylic oxidation sites excluding steroid dienone is 2. The van der Waals surface area contributed by atoms with E-state index < -0.39 is 0 Å². The Morgan fingerprint density at radius 3 is 2.50 bits per heavy atom. The molecule has 0 amide bonds. The molecule has 0 saturated carbocycles. The Hall–Kier alpha value is -1.05. The van der Waals surface area contributed by atoms with E-state index in [1.807, 2.05) is 13.8 Å². The van der Waals surface area contributed by atoms with Crippen molar-refractivity contribution in [3.05, 3.63) is 23.8 Å². The summed E-state index contributed by atoms with van der Waals surface area (Å²) in [5, 5.41) is 0. The third kappa shape index (κ3) is 9.04. The van der Waals surface area contributed by atoms with Crippen molar-refractivity contribution in [3.63, 3.8) is 0 Å². The zero-order chi connectivity index (χ0) is 11.0. The fourth-order valence-electron chi connectivity index (χ4n) is 1.03. The van der Waals surface area contributed by atoms with Crippen LogP contribution in [0.3, 0.4) is 0 Å². The van der Waals surface area contributed by atoms with Crippen LogP contribution in [0.4, 0.5) is 0 Å². The van der Waals surface area contributed by atoms with Crippen LogP contribution < -0.4 is 0 Å². The molecule has 0 fully saturated rings. The van der Waals surface area contributed by atoms with E-state index in [1.165, 1.54) is 12.5 Å². The van der Waals surface area contributed by atoms with Gasteiger partial charge in [-0.25, -0.2) is 0 Å². The summed E-state index contributed by atoms with van der Waals surface area (Å²) >= 11 is 0. The van der Waals surface area contributed by atoms with Gasteiger partial charge < -0.3 is 4.74 Å². The topological polar surface area (TPSA) is 26.3 Å². The van der Waals surface area contributed by atoms with Gasteiger partial charge in [0.1, 0.15) is 6.61 Å². The molecule has 0 aromatic rings. The van der Waals surface area contributed by atoms with Gasteiger partial charge in [-0.3, -0.25) is 4.79 Å². The SMILES string of the molecule is C=C(C)CCCC=C(C)COC(C)=O. The number of unbranched alkanes of at least 4 members (excludes halogenated alkanes) is 1. The number of hydrogen-bond acceptors (Lipinski definition) is 2. The van der Waals surface area contributed by atoms with Crippen LogP contribution >= 0.6 is 0 Å². The Balaban J connectivity index is 3.55. The van der Waals surface area contributed by atoms with Crippen molar-refractivity contribution in [2.45, 2.75) is 40.0 Å². The summed E-state index contributed by atoms with van der Waals surface area (Å²) in [7, 11) is 0. The van der Waals surface area contributed by atoms with Gasteiger partial charge in [0.25, 0.3) is 0 Å². The molecule has 0 aromatic carbocycles. The lowest BCUT2D eigenvalue weighted by atomic mass is 10.1. The Morgan fingerprint density at radius 1 is 1.36 bits per heavy atom. The number of ether oxygens (including phenoxy) is 1. The molecule has 0 heterocycles. The molecule has 2 heteroatoms. The van der Waals surface area contributed by atoms with Gasteiger partial charge in [-0.1, -0.05) is 11.6 Å². The maximum atomic E-state index is 10.5. The van der Waals surface area contributed by atoms with Gasteiger partial charge in [0.2, 0.25) is 0 Å². The van der Waals surface area contributed by atoms with E-state index in [0.717, 1.165) is 24.8 Å². The summed E-state index contributed by atoms with van der Waals surface area (Å²) in [6.45, 7) is 9.70. The Bertz CT molecular complexity index is 226. The quantitative estimate of drug-likeness (QED) is 0.370. The highest BCUT2D eigenvalue weighted by Crippen LogP contribution is 2.06. The number of carbonyl (C=O) groups is 1. The van der Waals surface area contributed by atoms with E-state index in [9.17, 15) is 4.79 Å². The van der Waals surface area contributed by atoms with Crippen LogP contribution in [0.1, 0.15) is 40.0 Å². The highest BCUT2D eigenvalue weighted by Gasteiger charge is 1.94. The van der Waals surface area contributed by atoms with E-state index in [1.54, 1.807) is 0 Å². The lowest BCUT2D eigenvalue weighted by Crippen LogP contribution is -2.01. The van der Waals surface area contributed by atoms with Crippen molar-refractivity contribution < 1.29 is 9.53 Å². The molecule has 14 heavy (non-hydrogen) atoms. The molecular weight excluding hydrogens is 176 g/mol. The second-order valence-electron chi connectivity index (χ2n) is 3.68. The monoisotopic (exact) mass is 196 g/mol. The van der Waals surface area contributed by atoms with E-state index in [-0.39, 0.29) is 5.97 Å². The van der Waals surface area contributed by atoms with Gasteiger partial charge in [-0.2, -0.15) is 0 Å². The third-order valence-corrected chi connectivity index (χ3v) is 1.80. The molecule has 0 radical (unpaired) electrons. The van der Waals surface area contributed by atoms with Gasteiger partial charge in [-0.15, -0.1) is 6.58 Å². The molecule has 0 aromatic heterocycles. The molecule has 0 aliphatic heterocycles. The van der Waals surface area contributed by atoms with Crippen molar-refractivity contribution in [2.75, 3.05) is 6.61 Å². The van der Waals surface area contributed by atoms with Crippen molar-refractivity contribution in [3.8, 4) is 0 Å². The summed E-state index contributed by atoms with van der Waals surface area (Å²) in [4.78, 5) is 10.5. The third-order valence-electron chi connectivity index (χ3n) is 1.80. The molecule has 0 atom stereocenters. The predicted octanol–water partition coefficient (Wildman–Crippen LogP) is 3.24. The summed E-state index contributed by atoms with van der Waals surface area (Å²) in [5.74, 6) is -0.223. The highest BCUT2D eigenvalue weighted by atomic mass is 16.5. The van der Waals surface area contributed by atoms with Gasteiger partial charge in [-0.05, 0) is 38.7 Å². The molecule has 0 unspecified atom stereocenters. The van der Waals surface area contributed by atoms with Gasteiger partial charge in [0, 0.05) is 6.92 Å². The Kier molecular flexibility index (Phi) is 6.81. The van der Waals surface area contributed by atoms with Crippen molar-refractivity contribution in [1.29, 1.82) is 0 Å². The molecule has 0 rings (SSSR count). The number of esters is 1. The van der Waals surface area contributed by atoms with E-state index >= 15 is 0 Å². The summed E-state index contributed by atoms with van der Waals surface area (Å²) in [6, 6.07) is 0. The average Bonchev–Trinajstić information content (AvgIpc) is 2.08. The van der Waals surface area contributed by atoms with Crippen LogP contribution in [0.2, 0.25) is 0 Å². The lowest BCUT2D eigenvalue weighted by Gasteiger charge is -2.02. The molecule has 0 saturated heterocycles. The zero-order valence-corrected chi connectivity index (χ0v) is 9.43. The molecule has 0 spiro atoms. The normalized spacial score (nSPS) is 11.2. The number of carbonyl (C=O) groups excluding carboxylic acids is 1. The maximum Gasteiger partial charge on any atom is 0.302 e. The standard InChI is InChI=1S/C12H20O2/c1-10(2)7-5-6-8-11(3)9-14-12(4)13/h8H,1,5-7,9H2,2-4H3. The van der Waals surface area contributed by atoms with Crippen LogP contribution in [0, 0.1) is 0 Å². The van der Waals surface area contributed by atoms with Crippen LogP contribution in [0.15, 0.2) is 23.8 Å². The number of rotatable bonds is 6. The number of hydrogen-bond donors (Lipinski definition) is 0. The van der Waals surface area contributed by atoms with Crippen LogP contribution in [0.5, 0.6) is 0 Å². The molecule has 2 nitrogen and oxygen atoms in total. The second-order valence-corrected chi connectivity index (χ2v) is 3.68. The second kappa shape index (κ2) is 7.36. The average molecular weight is 196 g/mol. The summed E-state index contributed by atoms with van der Waals surface area (Å²) < 4.78 is 4.86. The fraction of sp³-hybridized carbons (Fsp3) is 0.583. The lowest BCUT2D eigenvalue weighted by molar-refractivity contribution is -0.139. The minimum atomic E-state index is -0.223. The molecule has 80 valence electrons. The molecule has 0 bridgehead atoms. The van der Waals surface area contributed by atoms with E-state index in [2.05, 4.69) is 12.7 Å². The molecular formula is C12H20O2. The van der Waals surface area contributed by atoms with Crippen LogP contribution in [-0.2, 0) is 9.53 Å². The van der Waals surface area contributed by atoms with Crippen LogP contribution in [0.25, 0.3) is 0 Å². The minimum absolute atomic E-state index is 0.223. The van der Waals surface area contributed by atoms with Crippen molar-refractivity contribution in [1.82, 2.24) is 0 Å². The molecule has 0 N–H and O–H groups in total. The summed E-state index contributed by atoms with van der Waals surface area (Å²) in [6.07, 6.45) is 5.33. The van der Waals surface area contributed by atoms with Gasteiger partial charge in [0.05, 0.1) is 0 Å². The van der Waals surface area contributed by atoms with Gasteiger partial charge >= 0.3 is 5.97 Å². The first-order chi connectivity index (χ1) is 6.52. The molecule has 0 aliphatic carbocycles. The van der Waals surface area contributed by atoms with Gasteiger partial charge in [0.15, 0.2) is 0 Å². The van der Waals surface area contributed by atoms with Crippen molar-refractivity contribution in [2.24, 2.45) is 0 Å². The van der Waals surface area contributed by atoms with E-state index in [4.69, 9.17) is 4.74 Å². The smallest absolute Gasteiger partial charge is 0.302 e. The first-order valence-electron chi connectivity index (χ1n) is 4.95.